The van der Waals surface area contributed by atoms with Gasteiger partial charge in [-0.15, -0.1) is 0 Å². The quantitative estimate of drug-likeness (QED) is 0.594. The molecule has 4 amide bonds. The molecule has 126 valence electrons. The van der Waals surface area contributed by atoms with Gasteiger partial charge in [-0.1, -0.05) is 6.07 Å². The number of carbonyl (C=O) groups is 3. The van der Waals surface area contributed by atoms with E-state index in [0.717, 1.165) is 17.0 Å². The lowest BCUT2D eigenvalue weighted by Gasteiger charge is -2.26. The minimum Gasteiger partial charge on any atom is -0.507 e. The van der Waals surface area contributed by atoms with Gasteiger partial charge in [0.15, 0.2) is 0 Å². The summed E-state index contributed by atoms with van der Waals surface area (Å²) in [6.07, 6.45) is 1.30. The lowest BCUT2D eigenvalue weighted by atomic mass is 10.1. The monoisotopic (exact) mass is 404 g/mol. The first-order chi connectivity index (χ1) is 11.9. The van der Waals surface area contributed by atoms with E-state index < -0.39 is 23.7 Å². The molecular formula is C17H10BrFN2O4. The summed E-state index contributed by atoms with van der Waals surface area (Å²) >= 11 is 3.14. The Labute approximate surface area is 149 Å². The van der Waals surface area contributed by atoms with Crippen molar-refractivity contribution < 1.29 is 23.9 Å². The van der Waals surface area contributed by atoms with Crippen molar-refractivity contribution in [3.63, 3.8) is 0 Å². The Balaban J connectivity index is 2.01. The van der Waals surface area contributed by atoms with E-state index in [1.54, 1.807) is 0 Å². The summed E-state index contributed by atoms with van der Waals surface area (Å²) < 4.78 is 13.4. The van der Waals surface area contributed by atoms with Crippen LogP contribution in [0.15, 0.2) is 52.5 Å². The zero-order chi connectivity index (χ0) is 18.1. The highest BCUT2D eigenvalue weighted by molar-refractivity contribution is 9.10. The maximum atomic E-state index is 13.1. The van der Waals surface area contributed by atoms with Crippen molar-refractivity contribution >= 4 is 45.5 Å². The van der Waals surface area contributed by atoms with Gasteiger partial charge in [0.2, 0.25) is 0 Å². The molecule has 6 nitrogen and oxygen atoms in total. The van der Waals surface area contributed by atoms with Crippen molar-refractivity contribution in [1.29, 1.82) is 0 Å². The van der Waals surface area contributed by atoms with E-state index in [0.29, 0.717) is 10.0 Å². The number of anilines is 1. The number of barbiturate groups is 1. The van der Waals surface area contributed by atoms with Crippen molar-refractivity contribution in [2.45, 2.75) is 0 Å². The van der Waals surface area contributed by atoms with Crippen LogP contribution in [0.2, 0.25) is 0 Å². The average Bonchev–Trinajstić information content (AvgIpc) is 2.56. The molecule has 1 heterocycles. The Morgan fingerprint density at radius 1 is 1.08 bits per heavy atom. The third kappa shape index (κ3) is 3.29. The van der Waals surface area contributed by atoms with E-state index in [4.69, 9.17) is 0 Å². The fourth-order valence-corrected chi connectivity index (χ4v) is 2.66. The molecule has 0 aliphatic carbocycles. The van der Waals surface area contributed by atoms with Crippen LogP contribution in [-0.2, 0) is 9.59 Å². The summed E-state index contributed by atoms with van der Waals surface area (Å²) in [5.74, 6) is -2.18. The number of imide groups is 2. The van der Waals surface area contributed by atoms with Crippen LogP contribution in [0.5, 0.6) is 5.75 Å². The average molecular weight is 405 g/mol. The normalized spacial score (nSPS) is 16.3. The Morgan fingerprint density at radius 2 is 1.76 bits per heavy atom. The second-order valence-electron chi connectivity index (χ2n) is 5.15. The molecule has 3 rings (SSSR count). The lowest BCUT2D eigenvalue weighted by Crippen LogP contribution is -2.54. The van der Waals surface area contributed by atoms with Gasteiger partial charge in [0.1, 0.15) is 17.1 Å². The number of urea groups is 1. The van der Waals surface area contributed by atoms with Gasteiger partial charge in [0, 0.05) is 0 Å². The molecule has 1 aliphatic heterocycles. The summed E-state index contributed by atoms with van der Waals surface area (Å²) in [7, 11) is 0. The fraction of sp³-hybridized carbons (Fsp3) is 0. The summed E-state index contributed by atoms with van der Waals surface area (Å²) in [4.78, 5) is 37.4. The van der Waals surface area contributed by atoms with E-state index in [1.807, 2.05) is 0 Å². The van der Waals surface area contributed by atoms with Gasteiger partial charge in [-0.05, 0) is 64.0 Å². The van der Waals surface area contributed by atoms with Crippen molar-refractivity contribution in [1.82, 2.24) is 5.32 Å². The van der Waals surface area contributed by atoms with E-state index in [9.17, 15) is 23.9 Å². The van der Waals surface area contributed by atoms with E-state index in [-0.39, 0.29) is 17.0 Å². The first-order valence-corrected chi connectivity index (χ1v) is 7.81. The summed E-state index contributed by atoms with van der Waals surface area (Å²) in [5, 5.41) is 11.6. The molecule has 1 saturated heterocycles. The number of nitrogens with one attached hydrogen (secondary N) is 1. The Hall–Kier alpha value is -3.00. The first-order valence-electron chi connectivity index (χ1n) is 7.02. The van der Waals surface area contributed by atoms with Crippen LogP contribution in [0, 0.1) is 5.82 Å². The standard InChI is InChI=1S/C17H10BrFN2O4/c18-13-8-9(1-6-14(13)22)7-12-15(23)20-17(25)21(16(12)24)11-4-2-10(19)3-5-11/h1-8,22H,(H,20,23,25)/b12-7+. The molecular weight excluding hydrogens is 395 g/mol. The SMILES string of the molecule is O=C1NC(=O)N(c2ccc(F)cc2)C(=O)/C1=C/c1ccc(O)c(Br)c1. The van der Waals surface area contributed by atoms with Crippen LogP contribution in [0.3, 0.4) is 0 Å². The lowest BCUT2D eigenvalue weighted by molar-refractivity contribution is -0.122. The molecule has 25 heavy (non-hydrogen) atoms. The number of amides is 4. The van der Waals surface area contributed by atoms with Gasteiger partial charge < -0.3 is 5.11 Å². The van der Waals surface area contributed by atoms with E-state index in [2.05, 4.69) is 21.2 Å². The summed E-state index contributed by atoms with van der Waals surface area (Å²) in [6.45, 7) is 0. The molecule has 1 aliphatic rings. The highest BCUT2D eigenvalue weighted by Gasteiger charge is 2.36. The molecule has 8 heteroatoms. The Morgan fingerprint density at radius 3 is 2.40 bits per heavy atom. The number of benzene rings is 2. The van der Waals surface area contributed by atoms with Crippen LogP contribution in [0.25, 0.3) is 6.08 Å². The summed E-state index contributed by atoms with van der Waals surface area (Å²) in [5.41, 5.74) is 0.340. The maximum Gasteiger partial charge on any atom is 0.335 e. The predicted molar refractivity (Wildman–Crippen MR) is 91.2 cm³/mol. The number of nitrogens with zero attached hydrogens (tertiary/aromatic N) is 1. The van der Waals surface area contributed by atoms with Crippen LogP contribution < -0.4 is 10.2 Å². The molecule has 2 N–H and O–H groups in total. The molecule has 0 aromatic heterocycles. The molecule has 0 radical (unpaired) electrons. The molecule has 2 aromatic rings. The zero-order valence-corrected chi connectivity index (χ0v) is 14.1. The molecule has 1 fully saturated rings. The number of aromatic hydroxyl groups is 1. The third-order valence-corrected chi connectivity index (χ3v) is 4.10. The van der Waals surface area contributed by atoms with Crippen molar-refractivity contribution in [2.24, 2.45) is 0 Å². The van der Waals surface area contributed by atoms with Gasteiger partial charge in [-0.3, -0.25) is 14.9 Å². The van der Waals surface area contributed by atoms with Crippen molar-refractivity contribution in [3.05, 3.63) is 63.9 Å². The van der Waals surface area contributed by atoms with Gasteiger partial charge >= 0.3 is 6.03 Å². The van der Waals surface area contributed by atoms with E-state index in [1.165, 1.54) is 36.4 Å². The number of hydrogen-bond acceptors (Lipinski definition) is 4. The van der Waals surface area contributed by atoms with Crippen molar-refractivity contribution in [2.75, 3.05) is 4.90 Å². The van der Waals surface area contributed by atoms with Crippen LogP contribution in [0.4, 0.5) is 14.9 Å². The molecule has 0 bridgehead atoms. The number of phenols is 1. The van der Waals surface area contributed by atoms with Crippen LogP contribution in [-0.4, -0.2) is 23.0 Å². The zero-order valence-electron chi connectivity index (χ0n) is 12.5. The molecule has 0 saturated carbocycles. The van der Waals surface area contributed by atoms with Crippen LogP contribution in [0.1, 0.15) is 5.56 Å². The molecule has 0 unspecified atom stereocenters. The number of carbonyl (C=O) groups excluding carboxylic acids is 3. The smallest absolute Gasteiger partial charge is 0.335 e. The third-order valence-electron chi connectivity index (χ3n) is 3.47. The fourth-order valence-electron chi connectivity index (χ4n) is 2.26. The number of rotatable bonds is 2. The summed E-state index contributed by atoms with van der Waals surface area (Å²) in [6, 6.07) is 8.23. The maximum absolute atomic E-state index is 13.1. The topological polar surface area (TPSA) is 86.7 Å². The van der Waals surface area contributed by atoms with Gasteiger partial charge in [-0.2, -0.15) is 0 Å². The Bertz CT molecular complexity index is 925. The predicted octanol–water partition coefficient (Wildman–Crippen LogP) is 2.96. The molecule has 0 atom stereocenters. The Kier molecular flexibility index (Phi) is 4.37. The van der Waals surface area contributed by atoms with Gasteiger partial charge in [0.25, 0.3) is 11.8 Å². The first kappa shape index (κ1) is 16.8. The minimum absolute atomic E-state index is 0.00434. The molecule has 2 aromatic carbocycles. The van der Waals surface area contributed by atoms with Crippen molar-refractivity contribution in [3.8, 4) is 5.75 Å². The highest BCUT2D eigenvalue weighted by Crippen LogP contribution is 2.27. The molecule has 0 spiro atoms. The van der Waals surface area contributed by atoms with E-state index >= 15 is 0 Å². The number of hydrogen-bond donors (Lipinski definition) is 2. The number of phenolic OH excluding ortho intramolecular Hbond substituents is 1. The number of halogens is 2. The highest BCUT2D eigenvalue weighted by atomic mass is 79.9. The largest absolute Gasteiger partial charge is 0.507 e. The second-order valence-corrected chi connectivity index (χ2v) is 6.00. The second kappa shape index (κ2) is 6.48. The van der Waals surface area contributed by atoms with Crippen LogP contribution >= 0.6 is 15.9 Å². The van der Waals surface area contributed by atoms with Gasteiger partial charge in [-0.25, -0.2) is 14.1 Å². The minimum atomic E-state index is -0.911. The van der Waals surface area contributed by atoms with Gasteiger partial charge in [0.05, 0.1) is 10.2 Å².